The van der Waals surface area contributed by atoms with Gasteiger partial charge in [-0.2, -0.15) is 5.26 Å². The third kappa shape index (κ3) is 3.09. The fourth-order valence-corrected chi connectivity index (χ4v) is 1.68. The number of nitriles is 1. The Morgan fingerprint density at radius 1 is 1.37 bits per heavy atom. The van der Waals surface area contributed by atoms with Crippen molar-refractivity contribution in [2.24, 2.45) is 0 Å². The summed E-state index contributed by atoms with van der Waals surface area (Å²) in [5.74, 6) is -0.293. The number of benzene rings is 1. The Morgan fingerprint density at radius 3 is 2.68 bits per heavy atom. The molecule has 2 rings (SSSR count). The number of carbonyl (C=O) groups is 1. The largest absolute Gasteiger partial charge is 0.319 e. The first kappa shape index (κ1) is 13.1. The second kappa shape index (κ2) is 5.51. The van der Waals surface area contributed by atoms with Gasteiger partial charge in [-0.3, -0.25) is 4.79 Å². The minimum absolute atomic E-state index is 0.243. The van der Waals surface area contributed by atoms with Gasteiger partial charge in [0.25, 0.3) is 5.91 Å². The van der Waals surface area contributed by atoms with Crippen LogP contribution in [0.15, 0.2) is 36.5 Å². The van der Waals surface area contributed by atoms with E-state index in [0.29, 0.717) is 16.8 Å². The molecule has 0 aliphatic rings. The molecule has 19 heavy (non-hydrogen) atoms. The molecule has 0 bridgehead atoms. The molecule has 2 aromatic rings. The third-order valence-corrected chi connectivity index (χ3v) is 2.80. The van der Waals surface area contributed by atoms with Crippen LogP contribution in [-0.2, 0) is 0 Å². The average molecular weight is 272 g/mol. The van der Waals surface area contributed by atoms with Crippen molar-refractivity contribution in [1.29, 1.82) is 5.26 Å². The maximum Gasteiger partial charge on any atom is 0.255 e. The lowest BCUT2D eigenvalue weighted by atomic mass is 10.1. The summed E-state index contributed by atoms with van der Waals surface area (Å²) in [7, 11) is 0. The number of nitrogens with zero attached hydrogens (tertiary/aromatic N) is 2. The summed E-state index contributed by atoms with van der Waals surface area (Å²) in [5, 5.41) is 11.6. The molecule has 0 radical (unpaired) electrons. The van der Waals surface area contributed by atoms with Gasteiger partial charge in [0.2, 0.25) is 0 Å². The van der Waals surface area contributed by atoms with Crippen molar-refractivity contribution in [2.75, 3.05) is 5.32 Å². The molecule has 5 heteroatoms. The number of carbonyl (C=O) groups excluding carboxylic acids is 1. The number of hydrogen-bond donors (Lipinski definition) is 1. The van der Waals surface area contributed by atoms with Gasteiger partial charge in [0.15, 0.2) is 5.15 Å². The summed E-state index contributed by atoms with van der Waals surface area (Å²) in [6.45, 7) is 1.86. The Hall–Kier alpha value is -2.38. The zero-order valence-electron chi connectivity index (χ0n) is 10.1. The Labute approximate surface area is 115 Å². The molecule has 0 aliphatic carbocycles. The van der Waals surface area contributed by atoms with Crippen molar-refractivity contribution < 1.29 is 4.79 Å². The molecule has 94 valence electrons. The van der Waals surface area contributed by atoms with Crippen molar-refractivity contribution in [2.45, 2.75) is 6.92 Å². The molecule has 1 heterocycles. The number of aryl methyl sites for hydroxylation is 1. The number of pyridine rings is 1. The first-order chi connectivity index (χ1) is 9.10. The molecule has 0 aliphatic heterocycles. The van der Waals surface area contributed by atoms with Crippen LogP contribution in [0.25, 0.3) is 0 Å². The molecule has 0 unspecified atom stereocenters. The number of rotatable bonds is 2. The smallest absolute Gasteiger partial charge is 0.255 e. The fraction of sp³-hybridized carbons (Fsp3) is 0.0714. The summed E-state index contributed by atoms with van der Waals surface area (Å²) < 4.78 is 0. The number of hydrogen-bond acceptors (Lipinski definition) is 3. The zero-order chi connectivity index (χ0) is 13.8. The lowest BCUT2D eigenvalue weighted by Crippen LogP contribution is -2.12. The van der Waals surface area contributed by atoms with Crippen LogP contribution in [0.5, 0.6) is 0 Å². The van der Waals surface area contributed by atoms with Gasteiger partial charge in [0, 0.05) is 11.8 Å². The molecule has 1 N–H and O–H groups in total. The van der Waals surface area contributed by atoms with E-state index in [1.807, 2.05) is 13.0 Å². The predicted octanol–water partition coefficient (Wildman–Crippen LogP) is 3.17. The van der Waals surface area contributed by atoms with E-state index in [-0.39, 0.29) is 11.1 Å². The van der Waals surface area contributed by atoms with Crippen LogP contribution in [-0.4, -0.2) is 10.9 Å². The van der Waals surface area contributed by atoms with E-state index in [1.54, 1.807) is 36.5 Å². The van der Waals surface area contributed by atoms with Gasteiger partial charge in [-0.1, -0.05) is 11.6 Å². The van der Waals surface area contributed by atoms with E-state index in [9.17, 15) is 4.79 Å². The first-order valence-corrected chi connectivity index (χ1v) is 5.91. The topological polar surface area (TPSA) is 65.8 Å². The highest BCUT2D eigenvalue weighted by Crippen LogP contribution is 2.20. The molecule has 1 aromatic heterocycles. The average Bonchev–Trinajstić information content (AvgIpc) is 2.43. The highest BCUT2D eigenvalue weighted by Gasteiger charge is 2.09. The van der Waals surface area contributed by atoms with Crippen molar-refractivity contribution in [3.05, 3.63) is 58.4 Å². The summed E-state index contributed by atoms with van der Waals surface area (Å²) in [5.41, 5.74) is 2.33. The van der Waals surface area contributed by atoms with Crippen LogP contribution in [0.4, 0.5) is 5.69 Å². The van der Waals surface area contributed by atoms with Crippen molar-refractivity contribution in [1.82, 2.24) is 4.98 Å². The summed E-state index contributed by atoms with van der Waals surface area (Å²) in [6, 6.07) is 10.1. The van der Waals surface area contributed by atoms with Gasteiger partial charge in [0.1, 0.15) is 0 Å². The molecular weight excluding hydrogens is 262 g/mol. The van der Waals surface area contributed by atoms with Gasteiger partial charge in [-0.15, -0.1) is 0 Å². The number of halogens is 1. The standard InChI is InChI=1S/C14H10ClN3O/c1-9-6-12(13(15)17-8-9)18-14(19)11-4-2-10(7-16)3-5-11/h2-6,8H,1H3,(H,18,19). The third-order valence-electron chi connectivity index (χ3n) is 2.50. The van der Waals surface area contributed by atoms with Gasteiger partial charge >= 0.3 is 0 Å². The van der Waals surface area contributed by atoms with Gasteiger partial charge in [0.05, 0.1) is 17.3 Å². The monoisotopic (exact) mass is 271 g/mol. The molecule has 0 fully saturated rings. The van der Waals surface area contributed by atoms with Gasteiger partial charge in [-0.05, 0) is 42.8 Å². The number of amides is 1. The maximum atomic E-state index is 12.0. The Balaban J connectivity index is 2.21. The van der Waals surface area contributed by atoms with Gasteiger partial charge < -0.3 is 5.32 Å². The number of aromatic nitrogens is 1. The van der Waals surface area contributed by atoms with E-state index in [0.717, 1.165) is 5.56 Å². The molecular formula is C14H10ClN3O. The zero-order valence-corrected chi connectivity index (χ0v) is 10.9. The van der Waals surface area contributed by atoms with Gasteiger partial charge in [-0.25, -0.2) is 4.98 Å². The molecule has 0 spiro atoms. The molecule has 0 atom stereocenters. The fourth-order valence-electron chi connectivity index (χ4n) is 1.53. The van der Waals surface area contributed by atoms with Crippen molar-refractivity contribution >= 4 is 23.2 Å². The molecule has 1 aromatic carbocycles. The molecule has 0 saturated heterocycles. The lowest BCUT2D eigenvalue weighted by molar-refractivity contribution is 0.102. The second-order valence-electron chi connectivity index (χ2n) is 3.99. The normalized spacial score (nSPS) is 9.74. The summed E-state index contributed by atoms with van der Waals surface area (Å²) in [4.78, 5) is 16.0. The minimum atomic E-state index is -0.293. The van der Waals surface area contributed by atoms with Crippen LogP contribution in [0, 0.1) is 18.3 Å². The SMILES string of the molecule is Cc1cnc(Cl)c(NC(=O)c2ccc(C#N)cc2)c1. The van der Waals surface area contributed by atoms with E-state index in [4.69, 9.17) is 16.9 Å². The van der Waals surface area contributed by atoms with Crippen LogP contribution in [0.3, 0.4) is 0 Å². The van der Waals surface area contributed by atoms with E-state index in [2.05, 4.69) is 10.3 Å². The molecule has 0 saturated carbocycles. The summed E-state index contributed by atoms with van der Waals surface area (Å²) >= 11 is 5.91. The molecule has 4 nitrogen and oxygen atoms in total. The highest BCUT2D eigenvalue weighted by atomic mass is 35.5. The van der Waals surface area contributed by atoms with Crippen LogP contribution < -0.4 is 5.32 Å². The van der Waals surface area contributed by atoms with E-state index >= 15 is 0 Å². The van der Waals surface area contributed by atoms with Crippen molar-refractivity contribution in [3.63, 3.8) is 0 Å². The summed E-state index contributed by atoms with van der Waals surface area (Å²) in [6.07, 6.45) is 1.62. The molecule has 1 amide bonds. The van der Waals surface area contributed by atoms with E-state index < -0.39 is 0 Å². The van der Waals surface area contributed by atoms with Crippen molar-refractivity contribution in [3.8, 4) is 6.07 Å². The van der Waals surface area contributed by atoms with Crippen LogP contribution in [0.1, 0.15) is 21.5 Å². The minimum Gasteiger partial charge on any atom is -0.319 e. The first-order valence-electron chi connectivity index (χ1n) is 5.54. The Kier molecular flexibility index (Phi) is 3.79. The van der Waals surface area contributed by atoms with Crippen LogP contribution in [0.2, 0.25) is 5.15 Å². The van der Waals surface area contributed by atoms with E-state index in [1.165, 1.54) is 0 Å². The number of nitrogens with one attached hydrogen (secondary N) is 1. The highest BCUT2D eigenvalue weighted by molar-refractivity contribution is 6.32. The predicted molar refractivity (Wildman–Crippen MR) is 73.1 cm³/mol. The maximum absolute atomic E-state index is 12.0. The second-order valence-corrected chi connectivity index (χ2v) is 4.35. The lowest BCUT2D eigenvalue weighted by Gasteiger charge is -2.07. The Morgan fingerprint density at radius 2 is 2.05 bits per heavy atom. The Bertz CT molecular complexity index is 659. The van der Waals surface area contributed by atoms with Crippen LogP contribution >= 0.6 is 11.6 Å². The quantitative estimate of drug-likeness (QED) is 0.853. The number of anilines is 1.